The highest BCUT2D eigenvalue weighted by Gasteiger charge is 2.46. The summed E-state index contributed by atoms with van der Waals surface area (Å²) >= 11 is 0. The van der Waals surface area contributed by atoms with Crippen LogP contribution in [0.5, 0.6) is 5.75 Å². The molecular weight excluding hydrogens is 348 g/mol. The second-order valence-corrected chi connectivity index (χ2v) is 8.53. The first-order valence-electron chi connectivity index (χ1n) is 10.4. The van der Waals surface area contributed by atoms with E-state index in [0.29, 0.717) is 17.6 Å². The van der Waals surface area contributed by atoms with Crippen molar-refractivity contribution in [3.8, 4) is 16.9 Å². The van der Waals surface area contributed by atoms with E-state index < -0.39 is 0 Å². The number of hydrogen-bond donors (Lipinski definition) is 1. The van der Waals surface area contributed by atoms with Crippen LogP contribution in [0, 0.1) is 23.7 Å². The lowest BCUT2D eigenvalue weighted by Gasteiger charge is -2.50. The van der Waals surface area contributed by atoms with Crippen LogP contribution in [0.4, 0.5) is 0 Å². The molecule has 4 aliphatic rings. The molecular formula is C24H26N2O2. The summed E-state index contributed by atoms with van der Waals surface area (Å²) in [6, 6.07) is 17.9. The molecule has 2 aromatic carbocycles. The molecule has 4 aliphatic carbocycles. The van der Waals surface area contributed by atoms with Gasteiger partial charge in [-0.3, -0.25) is 4.79 Å². The third kappa shape index (κ3) is 3.44. The minimum atomic E-state index is -0.191. The van der Waals surface area contributed by atoms with Gasteiger partial charge in [0.05, 0.1) is 0 Å². The minimum absolute atomic E-state index is 0.0266. The van der Waals surface area contributed by atoms with Gasteiger partial charge in [0.15, 0.2) is 6.61 Å². The molecule has 4 nitrogen and oxygen atoms in total. The lowest BCUT2D eigenvalue weighted by molar-refractivity contribution is -0.123. The Morgan fingerprint density at radius 1 is 0.893 bits per heavy atom. The van der Waals surface area contributed by atoms with Crippen molar-refractivity contribution in [1.82, 2.24) is 5.43 Å². The summed E-state index contributed by atoms with van der Waals surface area (Å²) in [5.41, 5.74) is 6.07. The summed E-state index contributed by atoms with van der Waals surface area (Å²) in [6.45, 7) is -0.0266. The third-order valence-electron chi connectivity index (χ3n) is 6.61. The Bertz CT molecular complexity index is 860. The Hall–Kier alpha value is -2.62. The van der Waals surface area contributed by atoms with Gasteiger partial charge in [-0.05, 0) is 67.4 Å². The van der Waals surface area contributed by atoms with Crippen LogP contribution in [0.1, 0.15) is 32.1 Å². The highest BCUT2D eigenvalue weighted by Crippen LogP contribution is 2.52. The van der Waals surface area contributed by atoms with Crippen LogP contribution in [0.25, 0.3) is 11.1 Å². The smallest absolute Gasteiger partial charge is 0.277 e. The molecule has 2 aromatic rings. The lowest BCUT2D eigenvalue weighted by Crippen LogP contribution is -2.46. The first-order chi connectivity index (χ1) is 13.8. The van der Waals surface area contributed by atoms with E-state index in [1.54, 1.807) is 0 Å². The summed E-state index contributed by atoms with van der Waals surface area (Å²) < 4.78 is 5.83. The second-order valence-electron chi connectivity index (χ2n) is 8.53. The van der Waals surface area contributed by atoms with E-state index in [2.05, 4.69) is 10.5 Å². The molecule has 0 heterocycles. The summed E-state index contributed by atoms with van der Waals surface area (Å²) in [5.74, 6) is 3.51. The molecule has 144 valence electrons. The van der Waals surface area contributed by atoms with Crippen LogP contribution in [-0.4, -0.2) is 18.2 Å². The van der Waals surface area contributed by atoms with Crippen molar-refractivity contribution in [3.63, 3.8) is 0 Å². The molecule has 4 bridgehead atoms. The van der Waals surface area contributed by atoms with Crippen LogP contribution < -0.4 is 10.2 Å². The quantitative estimate of drug-likeness (QED) is 0.774. The van der Waals surface area contributed by atoms with Crippen molar-refractivity contribution in [3.05, 3.63) is 54.6 Å². The van der Waals surface area contributed by atoms with E-state index in [4.69, 9.17) is 4.74 Å². The van der Waals surface area contributed by atoms with Crippen molar-refractivity contribution >= 4 is 11.6 Å². The number of nitrogens with one attached hydrogen (secondary N) is 1. The van der Waals surface area contributed by atoms with E-state index in [9.17, 15) is 4.79 Å². The SMILES string of the molecule is O=C(COc1ccccc1-c1ccccc1)NN=C1C2CC3CC(C2)CC1C3. The van der Waals surface area contributed by atoms with Gasteiger partial charge < -0.3 is 4.74 Å². The van der Waals surface area contributed by atoms with Crippen LogP contribution in [0.15, 0.2) is 59.7 Å². The van der Waals surface area contributed by atoms with Crippen LogP contribution >= 0.6 is 0 Å². The molecule has 0 atom stereocenters. The number of nitrogens with zero attached hydrogens (tertiary/aromatic N) is 1. The first kappa shape index (κ1) is 17.5. The molecule has 4 fully saturated rings. The Morgan fingerprint density at radius 3 is 2.25 bits per heavy atom. The standard InChI is InChI=1S/C24H26N2O2/c27-23(25-26-24-19-11-16-10-17(13-19)14-20(24)12-16)15-28-22-9-5-4-8-21(22)18-6-2-1-3-7-18/h1-9,16-17,19-20H,10-15H2,(H,25,27). The molecule has 0 radical (unpaired) electrons. The maximum Gasteiger partial charge on any atom is 0.277 e. The van der Waals surface area contributed by atoms with Gasteiger partial charge in [-0.15, -0.1) is 0 Å². The molecule has 0 spiro atoms. The molecule has 0 saturated heterocycles. The van der Waals surface area contributed by atoms with Gasteiger partial charge in [-0.2, -0.15) is 5.10 Å². The van der Waals surface area contributed by atoms with E-state index >= 15 is 0 Å². The maximum absolute atomic E-state index is 12.4. The normalized spacial score (nSPS) is 27.5. The van der Waals surface area contributed by atoms with Crippen molar-refractivity contribution in [2.24, 2.45) is 28.8 Å². The highest BCUT2D eigenvalue weighted by molar-refractivity contribution is 5.92. The minimum Gasteiger partial charge on any atom is -0.483 e. The number of carbonyl (C=O) groups is 1. The Kier molecular flexibility index (Phi) is 4.63. The average Bonchev–Trinajstić information content (AvgIpc) is 2.72. The Labute approximate surface area is 166 Å². The zero-order valence-electron chi connectivity index (χ0n) is 16.0. The summed E-state index contributed by atoms with van der Waals surface area (Å²) in [5, 5.41) is 4.55. The predicted molar refractivity (Wildman–Crippen MR) is 110 cm³/mol. The van der Waals surface area contributed by atoms with Gasteiger partial charge >= 0.3 is 0 Å². The van der Waals surface area contributed by atoms with Crippen molar-refractivity contribution in [2.45, 2.75) is 32.1 Å². The molecule has 0 aliphatic heterocycles. The number of hydrogen-bond acceptors (Lipinski definition) is 3. The van der Waals surface area contributed by atoms with Crippen LogP contribution in [-0.2, 0) is 4.79 Å². The van der Waals surface area contributed by atoms with Gasteiger partial charge in [0.1, 0.15) is 5.75 Å². The van der Waals surface area contributed by atoms with Gasteiger partial charge in [-0.25, -0.2) is 5.43 Å². The molecule has 0 aromatic heterocycles. The van der Waals surface area contributed by atoms with Gasteiger partial charge in [0, 0.05) is 11.3 Å². The van der Waals surface area contributed by atoms with Gasteiger partial charge in [0.2, 0.25) is 0 Å². The second kappa shape index (κ2) is 7.42. The molecule has 28 heavy (non-hydrogen) atoms. The van der Waals surface area contributed by atoms with Crippen LogP contribution in [0.2, 0.25) is 0 Å². The number of benzene rings is 2. The lowest BCUT2D eigenvalue weighted by atomic mass is 9.55. The van der Waals surface area contributed by atoms with Gasteiger partial charge in [0.25, 0.3) is 5.91 Å². The van der Waals surface area contributed by atoms with E-state index in [1.165, 1.54) is 37.8 Å². The first-order valence-corrected chi connectivity index (χ1v) is 10.4. The number of rotatable bonds is 5. The van der Waals surface area contributed by atoms with Crippen molar-refractivity contribution in [1.29, 1.82) is 0 Å². The summed E-state index contributed by atoms with van der Waals surface area (Å²) in [4.78, 5) is 12.4. The fraction of sp³-hybridized carbons (Fsp3) is 0.417. The number of para-hydroxylation sites is 1. The Balaban J connectivity index is 1.22. The zero-order chi connectivity index (χ0) is 18.9. The third-order valence-corrected chi connectivity index (χ3v) is 6.61. The van der Waals surface area contributed by atoms with E-state index in [1.807, 2.05) is 54.6 Å². The topological polar surface area (TPSA) is 50.7 Å². The molecule has 1 amide bonds. The van der Waals surface area contributed by atoms with Crippen LogP contribution in [0.3, 0.4) is 0 Å². The van der Waals surface area contributed by atoms with E-state index in [-0.39, 0.29) is 12.5 Å². The monoisotopic (exact) mass is 374 g/mol. The molecule has 4 heteroatoms. The number of carbonyl (C=O) groups excluding carboxylic acids is 1. The number of ether oxygens (including phenoxy) is 1. The largest absolute Gasteiger partial charge is 0.483 e. The zero-order valence-corrected chi connectivity index (χ0v) is 16.0. The van der Waals surface area contributed by atoms with Gasteiger partial charge in [-0.1, -0.05) is 48.5 Å². The number of amides is 1. The molecule has 6 rings (SSSR count). The fourth-order valence-corrected chi connectivity index (χ4v) is 5.60. The molecule has 4 saturated carbocycles. The highest BCUT2D eigenvalue weighted by atomic mass is 16.5. The summed E-state index contributed by atoms with van der Waals surface area (Å²) in [6.07, 6.45) is 6.48. The summed E-state index contributed by atoms with van der Waals surface area (Å²) in [7, 11) is 0. The average molecular weight is 374 g/mol. The molecule has 0 unspecified atom stereocenters. The fourth-order valence-electron chi connectivity index (χ4n) is 5.60. The maximum atomic E-state index is 12.4. The Morgan fingerprint density at radius 2 is 1.54 bits per heavy atom. The van der Waals surface area contributed by atoms with Crippen molar-refractivity contribution in [2.75, 3.05) is 6.61 Å². The van der Waals surface area contributed by atoms with Crippen molar-refractivity contribution < 1.29 is 9.53 Å². The predicted octanol–water partition coefficient (Wildman–Crippen LogP) is 4.66. The molecule has 1 N–H and O–H groups in total. The number of hydrazone groups is 1. The van der Waals surface area contributed by atoms with E-state index in [0.717, 1.165) is 23.0 Å².